The van der Waals surface area contributed by atoms with E-state index in [2.05, 4.69) is 35.6 Å². The minimum atomic E-state index is 0.414. The van der Waals surface area contributed by atoms with Gasteiger partial charge in [-0.1, -0.05) is 6.92 Å². The summed E-state index contributed by atoms with van der Waals surface area (Å²) < 4.78 is 2.21. The van der Waals surface area contributed by atoms with Crippen molar-refractivity contribution in [3.8, 4) is 10.7 Å². The van der Waals surface area contributed by atoms with Crippen molar-refractivity contribution in [2.45, 2.75) is 58.5 Å². The Morgan fingerprint density at radius 2 is 2.33 bits per heavy atom. The van der Waals surface area contributed by atoms with Gasteiger partial charge in [-0.15, -0.1) is 11.3 Å². The molecule has 0 radical (unpaired) electrons. The summed E-state index contributed by atoms with van der Waals surface area (Å²) in [6.45, 7) is 7.67. The van der Waals surface area contributed by atoms with Gasteiger partial charge in [0.2, 0.25) is 0 Å². The number of hydrogen-bond acceptors (Lipinski definition) is 4. The second-order valence-electron chi connectivity index (χ2n) is 6.01. The molecule has 2 heterocycles. The van der Waals surface area contributed by atoms with Crippen LogP contribution in [0.2, 0.25) is 0 Å². The summed E-state index contributed by atoms with van der Waals surface area (Å²) in [5.41, 5.74) is 2.45. The van der Waals surface area contributed by atoms with Crippen molar-refractivity contribution in [1.29, 1.82) is 0 Å². The third-order valence-electron chi connectivity index (χ3n) is 4.03. The first kappa shape index (κ1) is 14.7. The number of aryl methyl sites for hydroxylation is 1. The van der Waals surface area contributed by atoms with Crippen LogP contribution in [0.5, 0.6) is 0 Å². The zero-order valence-corrected chi connectivity index (χ0v) is 13.9. The predicted octanol–water partition coefficient (Wildman–Crippen LogP) is 3.96. The number of hydrogen-bond donors (Lipinski definition) is 1. The Kier molecular flexibility index (Phi) is 4.40. The van der Waals surface area contributed by atoms with Gasteiger partial charge in [-0.05, 0) is 46.1 Å². The van der Waals surface area contributed by atoms with Crippen molar-refractivity contribution < 1.29 is 0 Å². The second-order valence-corrected chi connectivity index (χ2v) is 7.04. The minimum absolute atomic E-state index is 0.414. The second kappa shape index (κ2) is 6.28. The lowest BCUT2D eigenvalue weighted by Crippen LogP contribution is -2.24. The first-order valence-electron chi connectivity index (χ1n) is 7.96. The third-order valence-corrected chi connectivity index (χ3v) is 5.27. The van der Waals surface area contributed by atoms with Crippen molar-refractivity contribution in [3.63, 3.8) is 0 Å². The van der Waals surface area contributed by atoms with Gasteiger partial charge in [0.1, 0.15) is 5.01 Å². The maximum absolute atomic E-state index is 4.91. The van der Waals surface area contributed by atoms with Crippen LogP contribution < -0.4 is 5.32 Å². The number of nitrogens with one attached hydrogen (secondary N) is 1. The smallest absolute Gasteiger partial charge is 0.142 e. The summed E-state index contributed by atoms with van der Waals surface area (Å²) in [7, 11) is 0. The highest BCUT2D eigenvalue weighted by atomic mass is 32.1. The van der Waals surface area contributed by atoms with Crippen molar-refractivity contribution >= 4 is 11.3 Å². The minimum Gasteiger partial charge on any atom is -0.326 e. The lowest BCUT2D eigenvalue weighted by molar-refractivity contribution is 0.464. The molecule has 2 aromatic heterocycles. The summed E-state index contributed by atoms with van der Waals surface area (Å²) >= 11 is 1.85. The molecule has 0 bridgehead atoms. The highest BCUT2D eigenvalue weighted by Gasteiger charge is 2.25. The molecular formula is C16H24N4S. The summed E-state index contributed by atoms with van der Waals surface area (Å²) in [6, 6.07) is 0.910. The van der Waals surface area contributed by atoms with E-state index in [4.69, 9.17) is 4.98 Å². The molecule has 1 unspecified atom stereocenters. The number of nitrogens with zero attached hydrogens (tertiary/aromatic N) is 3. The van der Waals surface area contributed by atoms with Gasteiger partial charge in [0.15, 0.2) is 0 Å². The van der Waals surface area contributed by atoms with Crippen LogP contribution in [0.1, 0.15) is 62.7 Å². The van der Waals surface area contributed by atoms with Gasteiger partial charge < -0.3 is 9.88 Å². The molecule has 4 nitrogen and oxygen atoms in total. The molecule has 0 spiro atoms. The van der Waals surface area contributed by atoms with E-state index in [1.807, 2.05) is 23.9 Å². The first-order valence-corrected chi connectivity index (χ1v) is 8.77. The molecular weight excluding hydrogens is 280 g/mol. The standard InChI is InChI=1S/C16H24N4S/c1-4-8-18-12-6-5-7-13-15(12)21-16(19-13)14-9-17-10-20(14)11(2)3/h9-12,18H,4-8H2,1-3H3. The molecule has 21 heavy (non-hydrogen) atoms. The van der Waals surface area contributed by atoms with E-state index in [1.54, 1.807) is 0 Å². The first-order chi connectivity index (χ1) is 10.2. The van der Waals surface area contributed by atoms with E-state index in [1.165, 1.54) is 29.8 Å². The summed E-state index contributed by atoms with van der Waals surface area (Å²) in [4.78, 5) is 10.7. The predicted molar refractivity (Wildman–Crippen MR) is 87.7 cm³/mol. The summed E-state index contributed by atoms with van der Waals surface area (Å²) in [5, 5.41) is 4.79. The molecule has 0 saturated carbocycles. The summed E-state index contributed by atoms with van der Waals surface area (Å²) in [5.74, 6) is 0. The molecule has 114 valence electrons. The highest BCUT2D eigenvalue weighted by molar-refractivity contribution is 7.15. The molecule has 0 aromatic carbocycles. The number of fused-ring (bicyclic) bond motifs is 1. The Morgan fingerprint density at radius 1 is 1.48 bits per heavy atom. The van der Waals surface area contributed by atoms with Crippen LogP contribution in [0.15, 0.2) is 12.5 Å². The fourth-order valence-corrected chi connectivity index (χ4v) is 4.16. The van der Waals surface area contributed by atoms with Crippen LogP contribution in [0.3, 0.4) is 0 Å². The molecule has 1 atom stereocenters. The van der Waals surface area contributed by atoms with Crippen LogP contribution in [0.25, 0.3) is 10.7 Å². The van der Waals surface area contributed by atoms with E-state index in [0.29, 0.717) is 12.1 Å². The maximum Gasteiger partial charge on any atom is 0.142 e. The van der Waals surface area contributed by atoms with Gasteiger partial charge in [-0.2, -0.15) is 0 Å². The van der Waals surface area contributed by atoms with E-state index >= 15 is 0 Å². The number of thiazole rings is 1. The molecule has 0 saturated heterocycles. The average Bonchev–Trinajstić information content (AvgIpc) is 3.10. The monoisotopic (exact) mass is 304 g/mol. The molecule has 5 heteroatoms. The van der Waals surface area contributed by atoms with E-state index < -0.39 is 0 Å². The Balaban J connectivity index is 1.92. The van der Waals surface area contributed by atoms with Crippen LogP contribution in [-0.2, 0) is 6.42 Å². The normalized spacial score (nSPS) is 18.2. The highest BCUT2D eigenvalue weighted by Crippen LogP contribution is 2.38. The largest absolute Gasteiger partial charge is 0.326 e. The van der Waals surface area contributed by atoms with Gasteiger partial charge in [0.05, 0.1) is 23.9 Å². The van der Waals surface area contributed by atoms with Crippen LogP contribution >= 0.6 is 11.3 Å². The van der Waals surface area contributed by atoms with Crippen molar-refractivity contribution in [1.82, 2.24) is 19.9 Å². The Labute approximate surface area is 130 Å². The lowest BCUT2D eigenvalue weighted by Gasteiger charge is -2.22. The Bertz CT molecular complexity index is 599. The zero-order chi connectivity index (χ0) is 14.8. The van der Waals surface area contributed by atoms with Crippen LogP contribution in [-0.4, -0.2) is 21.1 Å². The molecule has 1 N–H and O–H groups in total. The lowest BCUT2D eigenvalue weighted by atomic mass is 9.98. The number of rotatable bonds is 5. The van der Waals surface area contributed by atoms with Gasteiger partial charge in [-0.3, -0.25) is 0 Å². The maximum atomic E-state index is 4.91. The van der Waals surface area contributed by atoms with E-state index in [0.717, 1.165) is 23.7 Å². The van der Waals surface area contributed by atoms with Crippen molar-refractivity contribution in [2.24, 2.45) is 0 Å². The quantitative estimate of drug-likeness (QED) is 0.909. The molecule has 0 amide bonds. The SMILES string of the molecule is CCCNC1CCCc2nc(-c3cncn3C(C)C)sc21. The van der Waals surface area contributed by atoms with Gasteiger partial charge in [0, 0.05) is 17.0 Å². The molecule has 0 aliphatic heterocycles. The van der Waals surface area contributed by atoms with Gasteiger partial charge in [0.25, 0.3) is 0 Å². The van der Waals surface area contributed by atoms with Gasteiger partial charge >= 0.3 is 0 Å². The summed E-state index contributed by atoms with van der Waals surface area (Å²) in [6.07, 6.45) is 8.62. The third kappa shape index (κ3) is 2.90. The fraction of sp³-hybridized carbons (Fsp3) is 0.625. The van der Waals surface area contributed by atoms with Crippen LogP contribution in [0.4, 0.5) is 0 Å². The number of imidazole rings is 1. The Hall–Kier alpha value is -1.20. The molecule has 1 aliphatic rings. The topological polar surface area (TPSA) is 42.7 Å². The average molecular weight is 304 g/mol. The zero-order valence-electron chi connectivity index (χ0n) is 13.1. The molecule has 1 aliphatic carbocycles. The molecule has 3 rings (SSSR count). The van der Waals surface area contributed by atoms with Gasteiger partial charge in [-0.25, -0.2) is 9.97 Å². The van der Waals surface area contributed by atoms with Crippen molar-refractivity contribution in [3.05, 3.63) is 23.1 Å². The fourth-order valence-electron chi connectivity index (χ4n) is 2.92. The molecule has 2 aromatic rings. The van der Waals surface area contributed by atoms with E-state index in [-0.39, 0.29) is 0 Å². The van der Waals surface area contributed by atoms with Crippen LogP contribution in [0, 0.1) is 0 Å². The number of aromatic nitrogens is 3. The van der Waals surface area contributed by atoms with E-state index in [9.17, 15) is 0 Å². The Morgan fingerprint density at radius 3 is 3.10 bits per heavy atom. The molecule has 0 fully saturated rings. The van der Waals surface area contributed by atoms with Crippen molar-refractivity contribution in [2.75, 3.05) is 6.54 Å².